The maximum atomic E-state index is 4.67. The molecular weight excluding hydrogens is 340 g/mol. The minimum atomic E-state index is 0.518. The second-order valence-corrected chi connectivity index (χ2v) is 7.86. The number of allylic oxidation sites excluding steroid dienone is 6. The van der Waals surface area contributed by atoms with Gasteiger partial charge in [0.2, 0.25) is 0 Å². The van der Waals surface area contributed by atoms with Gasteiger partial charge in [-0.3, -0.25) is 4.99 Å². The van der Waals surface area contributed by atoms with E-state index >= 15 is 0 Å². The predicted octanol–water partition coefficient (Wildman–Crippen LogP) is 8.29. The first-order valence-corrected chi connectivity index (χ1v) is 11.5. The molecule has 0 fully saturated rings. The van der Waals surface area contributed by atoms with E-state index in [2.05, 4.69) is 64.2 Å². The molecule has 0 aromatic rings. The molecule has 0 aromatic carbocycles. The van der Waals surface area contributed by atoms with Crippen LogP contribution in [0.25, 0.3) is 0 Å². The van der Waals surface area contributed by atoms with Gasteiger partial charge in [0.25, 0.3) is 0 Å². The highest BCUT2D eigenvalue weighted by molar-refractivity contribution is 6.11. The van der Waals surface area contributed by atoms with E-state index in [9.17, 15) is 0 Å². The molecular formula is C26H46N2. The first-order chi connectivity index (χ1) is 13.4. The second-order valence-electron chi connectivity index (χ2n) is 7.86. The minimum Gasteiger partial charge on any atom is -0.385 e. The lowest BCUT2D eigenvalue weighted by atomic mass is 9.98. The second kappa shape index (κ2) is 16.4. The number of rotatable bonds is 16. The molecule has 0 saturated heterocycles. The average Bonchev–Trinajstić information content (AvgIpc) is 2.66. The Balaban J connectivity index is 5.85. The average molecular weight is 387 g/mol. The van der Waals surface area contributed by atoms with Gasteiger partial charge < -0.3 is 5.32 Å². The molecule has 160 valence electrons. The monoisotopic (exact) mass is 386 g/mol. The normalized spacial score (nSPS) is 13.5. The molecule has 0 amide bonds. The van der Waals surface area contributed by atoms with Crippen molar-refractivity contribution in [2.75, 3.05) is 0 Å². The SMILES string of the molecule is C=CC(=N/C(=C)C)/C(/C=C(/CC)CCCCCC)=C(\C)NC(CCC)CCC. The lowest BCUT2D eigenvalue weighted by Crippen LogP contribution is -2.28. The summed E-state index contributed by atoms with van der Waals surface area (Å²) in [6, 6.07) is 0.518. The van der Waals surface area contributed by atoms with Gasteiger partial charge in [-0.1, -0.05) is 84.6 Å². The van der Waals surface area contributed by atoms with E-state index in [1.165, 1.54) is 68.2 Å². The van der Waals surface area contributed by atoms with Gasteiger partial charge in [-0.25, -0.2) is 0 Å². The molecule has 0 rings (SSSR count). The summed E-state index contributed by atoms with van der Waals surface area (Å²) in [5.74, 6) is 0. The lowest BCUT2D eigenvalue weighted by molar-refractivity contribution is 0.481. The smallest absolute Gasteiger partial charge is 0.0716 e. The van der Waals surface area contributed by atoms with Gasteiger partial charge in [0.1, 0.15) is 0 Å². The molecule has 0 aliphatic carbocycles. The molecule has 0 aliphatic heterocycles. The molecule has 0 aliphatic rings. The summed E-state index contributed by atoms with van der Waals surface area (Å²) in [7, 11) is 0. The molecule has 0 saturated carbocycles. The summed E-state index contributed by atoms with van der Waals surface area (Å²) in [4.78, 5) is 4.67. The third-order valence-corrected chi connectivity index (χ3v) is 5.03. The van der Waals surface area contributed by atoms with Gasteiger partial charge in [-0.05, 0) is 52.0 Å². The van der Waals surface area contributed by atoms with Crippen molar-refractivity contribution >= 4 is 5.71 Å². The first kappa shape index (κ1) is 26.4. The number of aliphatic imine (C=N–C) groups is 1. The van der Waals surface area contributed by atoms with Crippen molar-refractivity contribution in [3.05, 3.63) is 47.9 Å². The highest BCUT2D eigenvalue weighted by Gasteiger charge is 2.12. The lowest BCUT2D eigenvalue weighted by Gasteiger charge is -2.22. The Hall–Kier alpha value is -1.57. The van der Waals surface area contributed by atoms with Crippen LogP contribution in [0, 0.1) is 0 Å². The maximum absolute atomic E-state index is 4.67. The van der Waals surface area contributed by atoms with Gasteiger partial charge in [0, 0.05) is 23.0 Å². The zero-order valence-corrected chi connectivity index (χ0v) is 19.7. The van der Waals surface area contributed by atoms with Crippen LogP contribution in [-0.2, 0) is 0 Å². The van der Waals surface area contributed by atoms with Crippen LogP contribution in [0.4, 0.5) is 0 Å². The van der Waals surface area contributed by atoms with E-state index in [0.29, 0.717) is 6.04 Å². The molecule has 0 aromatic heterocycles. The van der Waals surface area contributed by atoms with Crippen LogP contribution in [0.1, 0.15) is 106 Å². The first-order valence-electron chi connectivity index (χ1n) is 11.5. The van der Waals surface area contributed by atoms with Crippen LogP contribution in [0.5, 0.6) is 0 Å². The van der Waals surface area contributed by atoms with E-state index in [1.54, 1.807) is 0 Å². The van der Waals surface area contributed by atoms with Crippen LogP contribution >= 0.6 is 0 Å². The van der Waals surface area contributed by atoms with E-state index in [4.69, 9.17) is 0 Å². The predicted molar refractivity (Wildman–Crippen MR) is 129 cm³/mol. The standard InChI is InChI=1S/C26H46N2/c1-9-14-15-16-19-23(12-4)20-25(26(13-5)27-21(6)7)22(8)28-24(17-10-2)18-11-3/h13,20,24,28H,5-6,9-12,14-19H2,1-4,7-8H3/b23-20-,25-22+,27-26-. The summed E-state index contributed by atoms with van der Waals surface area (Å²) in [6.07, 6.45) is 16.4. The van der Waals surface area contributed by atoms with Crippen molar-refractivity contribution in [2.45, 2.75) is 112 Å². The third-order valence-electron chi connectivity index (χ3n) is 5.03. The Bertz CT molecular complexity index is 543. The van der Waals surface area contributed by atoms with Crippen molar-refractivity contribution in [3.63, 3.8) is 0 Å². The van der Waals surface area contributed by atoms with Crippen molar-refractivity contribution in [1.29, 1.82) is 0 Å². The number of nitrogens with zero attached hydrogens (tertiary/aromatic N) is 1. The molecule has 2 heteroatoms. The van der Waals surface area contributed by atoms with E-state index in [-0.39, 0.29) is 0 Å². The summed E-state index contributed by atoms with van der Waals surface area (Å²) in [5.41, 5.74) is 5.59. The Morgan fingerprint density at radius 1 is 0.964 bits per heavy atom. The Morgan fingerprint density at radius 3 is 2.07 bits per heavy atom. The van der Waals surface area contributed by atoms with Gasteiger partial charge >= 0.3 is 0 Å². The Kier molecular flexibility index (Phi) is 15.5. The van der Waals surface area contributed by atoms with Crippen LogP contribution in [0.3, 0.4) is 0 Å². The highest BCUT2D eigenvalue weighted by Crippen LogP contribution is 2.20. The molecule has 0 heterocycles. The third kappa shape index (κ3) is 11.3. The summed E-state index contributed by atoms with van der Waals surface area (Å²) in [6.45, 7) is 21.2. The van der Waals surface area contributed by atoms with Gasteiger partial charge in [-0.15, -0.1) is 0 Å². The van der Waals surface area contributed by atoms with Gasteiger partial charge in [0.15, 0.2) is 0 Å². The number of unbranched alkanes of at least 4 members (excludes halogenated alkanes) is 3. The molecule has 1 N–H and O–H groups in total. The topological polar surface area (TPSA) is 24.4 Å². The number of hydrogen-bond acceptors (Lipinski definition) is 2. The minimum absolute atomic E-state index is 0.518. The summed E-state index contributed by atoms with van der Waals surface area (Å²) in [5, 5.41) is 3.79. The maximum Gasteiger partial charge on any atom is 0.0716 e. The van der Waals surface area contributed by atoms with Crippen LogP contribution in [0.15, 0.2) is 52.8 Å². The number of hydrogen-bond donors (Lipinski definition) is 1. The van der Waals surface area contributed by atoms with Crippen molar-refractivity contribution in [2.24, 2.45) is 4.99 Å². The van der Waals surface area contributed by atoms with E-state index < -0.39 is 0 Å². The number of nitrogens with one attached hydrogen (secondary N) is 1. The Morgan fingerprint density at radius 2 is 1.61 bits per heavy atom. The van der Waals surface area contributed by atoms with Crippen molar-refractivity contribution in [1.82, 2.24) is 5.32 Å². The van der Waals surface area contributed by atoms with Gasteiger partial charge in [-0.2, -0.15) is 0 Å². The molecule has 2 nitrogen and oxygen atoms in total. The molecule has 0 bridgehead atoms. The van der Waals surface area contributed by atoms with Crippen molar-refractivity contribution < 1.29 is 0 Å². The molecule has 28 heavy (non-hydrogen) atoms. The fourth-order valence-electron chi connectivity index (χ4n) is 3.50. The molecule has 0 unspecified atom stereocenters. The van der Waals surface area contributed by atoms with Gasteiger partial charge in [0.05, 0.1) is 5.71 Å². The van der Waals surface area contributed by atoms with Crippen LogP contribution in [-0.4, -0.2) is 11.8 Å². The van der Waals surface area contributed by atoms with E-state index in [1.807, 2.05) is 13.0 Å². The fraction of sp³-hybridized carbons (Fsp3) is 0.654. The largest absolute Gasteiger partial charge is 0.385 e. The quantitative estimate of drug-likeness (QED) is 0.161. The molecule has 0 radical (unpaired) electrons. The van der Waals surface area contributed by atoms with Crippen LogP contribution < -0.4 is 5.32 Å². The summed E-state index contributed by atoms with van der Waals surface area (Å²) < 4.78 is 0. The van der Waals surface area contributed by atoms with Crippen LogP contribution in [0.2, 0.25) is 0 Å². The zero-order valence-electron chi connectivity index (χ0n) is 19.7. The summed E-state index contributed by atoms with van der Waals surface area (Å²) >= 11 is 0. The molecule has 0 atom stereocenters. The van der Waals surface area contributed by atoms with Crippen molar-refractivity contribution in [3.8, 4) is 0 Å². The molecule has 0 spiro atoms. The zero-order chi connectivity index (χ0) is 21.4. The highest BCUT2D eigenvalue weighted by atomic mass is 14.9. The fourth-order valence-corrected chi connectivity index (χ4v) is 3.50. The van der Waals surface area contributed by atoms with E-state index in [0.717, 1.165) is 24.3 Å². The Labute approximate surface area is 176 Å².